The van der Waals surface area contributed by atoms with Crippen LogP contribution in [0.1, 0.15) is 13.3 Å². The number of aryl methyl sites for hydroxylation is 1. The molecular weight excluding hydrogens is 431 g/mol. The van der Waals surface area contributed by atoms with Gasteiger partial charge in [0.2, 0.25) is 0 Å². The van der Waals surface area contributed by atoms with Gasteiger partial charge in [-0.3, -0.25) is 14.8 Å². The van der Waals surface area contributed by atoms with Crippen LogP contribution in [0.15, 0.2) is 41.3 Å². The van der Waals surface area contributed by atoms with E-state index in [-0.39, 0.29) is 24.6 Å². The fraction of sp³-hybridized carbons (Fsp3) is 0.400. The van der Waals surface area contributed by atoms with E-state index in [1.54, 1.807) is 24.3 Å². The lowest BCUT2D eigenvalue weighted by Crippen LogP contribution is -2.50. The van der Waals surface area contributed by atoms with Crippen molar-refractivity contribution in [2.24, 2.45) is 0 Å². The molecule has 168 valence electrons. The number of carbonyl (C=O) groups is 1. The topological polar surface area (TPSA) is 124 Å². The summed E-state index contributed by atoms with van der Waals surface area (Å²) in [6.07, 6.45) is 1.47. The number of hydroxylamine groups is 1. The van der Waals surface area contributed by atoms with E-state index in [0.717, 1.165) is 30.0 Å². The smallest absolute Gasteiger partial charge is 0.264 e. The Morgan fingerprint density at radius 1 is 1.35 bits per heavy atom. The first kappa shape index (κ1) is 22.9. The quantitative estimate of drug-likeness (QED) is 0.453. The molecule has 9 nitrogen and oxygen atoms in total. The van der Waals surface area contributed by atoms with Gasteiger partial charge in [-0.2, -0.15) is 0 Å². The van der Waals surface area contributed by atoms with Crippen molar-refractivity contribution in [3.05, 3.63) is 52.7 Å². The molecule has 0 bridgehead atoms. The third-order valence-corrected chi connectivity index (χ3v) is 7.41. The Bertz CT molecular complexity index is 1130. The summed E-state index contributed by atoms with van der Waals surface area (Å²) in [5.74, 6) is -1.21. The molecule has 2 heterocycles. The van der Waals surface area contributed by atoms with Gasteiger partial charge in [-0.15, -0.1) is 0 Å². The fourth-order valence-electron chi connectivity index (χ4n) is 3.05. The average molecular weight is 454 g/mol. The van der Waals surface area contributed by atoms with Gasteiger partial charge in [0, 0.05) is 30.6 Å². The molecule has 3 rings (SSSR count). The summed E-state index contributed by atoms with van der Waals surface area (Å²) in [6.45, 7) is 1.92. The lowest BCUT2D eigenvalue weighted by Gasteiger charge is -2.26. The predicted octanol–water partition coefficient (Wildman–Crippen LogP) is 1.13. The van der Waals surface area contributed by atoms with Crippen LogP contribution in [-0.2, 0) is 25.9 Å². The molecular formula is C20H23FN2O7S. The van der Waals surface area contributed by atoms with E-state index in [1.807, 2.05) is 0 Å². The van der Waals surface area contributed by atoms with Crippen molar-refractivity contribution < 1.29 is 32.3 Å². The van der Waals surface area contributed by atoms with E-state index in [1.165, 1.54) is 5.48 Å². The highest BCUT2D eigenvalue weighted by Gasteiger charge is 2.43. The molecule has 1 aliphatic heterocycles. The second-order valence-electron chi connectivity index (χ2n) is 7.56. The van der Waals surface area contributed by atoms with Crippen molar-refractivity contribution in [1.82, 2.24) is 10.0 Å². The summed E-state index contributed by atoms with van der Waals surface area (Å²) in [4.78, 5) is 24.4. The summed E-state index contributed by atoms with van der Waals surface area (Å²) < 4.78 is 48.5. The van der Waals surface area contributed by atoms with Crippen LogP contribution in [0.25, 0.3) is 11.1 Å². The summed E-state index contributed by atoms with van der Waals surface area (Å²) in [7, 11) is -3.93. The molecule has 2 aromatic rings. The van der Waals surface area contributed by atoms with Gasteiger partial charge in [-0.1, -0.05) is 12.1 Å². The summed E-state index contributed by atoms with van der Waals surface area (Å²) in [5.41, 5.74) is 1.32. The zero-order chi connectivity index (χ0) is 22.8. The molecule has 0 spiro atoms. The van der Waals surface area contributed by atoms with Crippen LogP contribution in [0.2, 0.25) is 0 Å². The summed E-state index contributed by atoms with van der Waals surface area (Å²) >= 11 is 0. The molecule has 1 aromatic carbocycles. The fourth-order valence-corrected chi connectivity index (χ4v) is 3.89. The molecule has 31 heavy (non-hydrogen) atoms. The zero-order valence-electron chi connectivity index (χ0n) is 17.0. The van der Waals surface area contributed by atoms with Gasteiger partial charge in [0.25, 0.3) is 11.5 Å². The first-order chi connectivity index (χ1) is 14.5. The van der Waals surface area contributed by atoms with Crippen molar-refractivity contribution in [3.63, 3.8) is 0 Å². The van der Waals surface area contributed by atoms with Crippen molar-refractivity contribution in [1.29, 1.82) is 0 Å². The molecule has 2 N–H and O–H groups in total. The second kappa shape index (κ2) is 8.77. The lowest BCUT2D eigenvalue weighted by molar-refractivity contribution is -0.131. The maximum Gasteiger partial charge on any atom is 0.264 e. The average Bonchev–Trinajstić information content (AvgIpc) is 2.69. The number of nitrogens with zero attached hydrogens (tertiary/aromatic N) is 1. The number of carbonyl (C=O) groups excluding carboxylic acids is 1. The Kier molecular flexibility index (Phi) is 6.48. The van der Waals surface area contributed by atoms with Crippen LogP contribution in [0.4, 0.5) is 4.39 Å². The van der Waals surface area contributed by atoms with Gasteiger partial charge >= 0.3 is 0 Å². The minimum atomic E-state index is -3.93. The predicted molar refractivity (Wildman–Crippen MR) is 109 cm³/mol. The van der Waals surface area contributed by atoms with Crippen molar-refractivity contribution >= 4 is 15.7 Å². The molecule has 1 saturated heterocycles. The number of ether oxygens (including phenoxy) is 2. The molecule has 1 aromatic heterocycles. The number of rotatable bonds is 8. The number of halogens is 1. The van der Waals surface area contributed by atoms with Crippen LogP contribution in [0, 0.1) is 5.82 Å². The van der Waals surface area contributed by atoms with E-state index in [9.17, 15) is 22.4 Å². The van der Waals surface area contributed by atoms with Gasteiger partial charge in [0.1, 0.15) is 17.7 Å². The number of hydrogen-bond donors (Lipinski definition) is 2. The highest BCUT2D eigenvalue weighted by molar-refractivity contribution is 7.92. The lowest BCUT2D eigenvalue weighted by atomic mass is 10.1. The van der Waals surface area contributed by atoms with Gasteiger partial charge < -0.3 is 14.0 Å². The first-order valence-corrected chi connectivity index (χ1v) is 11.3. The largest absolute Gasteiger partial charge is 0.486 e. The second-order valence-corrected chi connectivity index (χ2v) is 10.0. The molecule has 0 aliphatic carbocycles. The van der Waals surface area contributed by atoms with E-state index >= 15 is 0 Å². The molecule has 1 fully saturated rings. The SMILES string of the molecule is C[C@@](CCn1cc(F)c(-c2ccc(OC3COC3)cc2)cc1=O)(C(=O)NO)S(C)(=O)=O. The number of benzene rings is 1. The van der Waals surface area contributed by atoms with E-state index in [4.69, 9.17) is 14.7 Å². The number of amides is 1. The van der Waals surface area contributed by atoms with Crippen LogP contribution in [-0.4, -0.2) is 54.4 Å². The van der Waals surface area contributed by atoms with E-state index in [2.05, 4.69) is 0 Å². The van der Waals surface area contributed by atoms with Gasteiger partial charge in [0.05, 0.1) is 13.2 Å². The number of nitrogens with one attached hydrogen (secondary N) is 1. The first-order valence-electron chi connectivity index (χ1n) is 9.44. The number of hydrogen-bond acceptors (Lipinski definition) is 7. The maximum atomic E-state index is 14.7. The molecule has 11 heteroatoms. The van der Waals surface area contributed by atoms with Crippen LogP contribution in [0.3, 0.4) is 0 Å². The van der Waals surface area contributed by atoms with Crippen molar-refractivity contribution in [3.8, 4) is 16.9 Å². The molecule has 1 aliphatic rings. The van der Waals surface area contributed by atoms with Crippen LogP contribution in [0.5, 0.6) is 5.75 Å². The molecule has 1 atom stereocenters. The highest BCUT2D eigenvalue weighted by Crippen LogP contribution is 2.26. The minimum Gasteiger partial charge on any atom is -0.486 e. The van der Waals surface area contributed by atoms with Gasteiger partial charge in [-0.05, 0) is 31.0 Å². The molecule has 0 unspecified atom stereocenters. The van der Waals surface area contributed by atoms with Crippen LogP contribution >= 0.6 is 0 Å². The number of aromatic nitrogens is 1. The number of sulfone groups is 1. The third-order valence-electron chi connectivity index (χ3n) is 5.38. The van der Waals surface area contributed by atoms with Crippen molar-refractivity contribution in [2.75, 3.05) is 19.5 Å². The van der Waals surface area contributed by atoms with Crippen molar-refractivity contribution in [2.45, 2.75) is 30.7 Å². The Balaban J connectivity index is 1.80. The van der Waals surface area contributed by atoms with E-state index < -0.39 is 31.9 Å². The molecule has 0 radical (unpaired) electrons. The zero-order valence-corrected chi connectivity index (χ0v) is 17.8. The molecule has 0 saturated carbocycles. The molecule has 1 amide bonds. The van der Waals surface area contributed by atoms with Gasteiger partial charge in [0.15, 0.2) is 14.6 Å². The van der Waals surface area contributed by atoms with E-state index in [0.29, 0.717) is 24.5 Å². The summed E-state index contributed by atoms with van der Waals surface area (Å²) in [5, 5.41) is 8.87. The highest BCUT2D eigenvalue weighted by atomic mass is 32.2. The maximum absolute atomic E-state index is 14.7. The standard InChI is InChI=1S/C20H23FN2O7S/c1-20(19(25)22-26,31(2,27)28)7-8-23-10-17(21)16(9-18(23)24)13-3-5-14(6-4-13)30-15-11-29-12-15/h3-6,9-10,15,26H,7-8,11-12H2,1-2H3,(H,22,25)/t20-/m1/s1. The minimum absolute atomic E-state index is 0.00273. The normalized spacial score (nSPS) is 16.3. The summed E-state index contributed by atoms with van der Waals surface area (Å²) in [6, 6.07) is 7.70. The Labute approximate surface area is 178 Å². The Hall–Kier alpha value is -2.76. The van der Waals surface area contributed by atoms with Crippen LogP contribution < -0.4 is 15.8 Å². The Morgan fingerprint density at radius 2 is 2.00 bits per heavy atom. The third kappa shape index (κ3) is 4.78. The monoisotopic (exact) mass is 454 g/mol. The Morgan fingerprint density at radius 3 is 2.52 bits per heavy atom. The van der Waals surface area contributed by atoms with Gasteiger partial charge in [-0.25, -0.2) is 18.3 Å². The number of pyridine rings is 1.